The van der Waals surface area contributed by atoms with Crippen molar-refractivity contribution in [1.82, 2.24) is 14.8 Å². The third kappa shape index (κ3) is 5.07. The predicted molar refractivity (Wildman–Crippen MR) is 133 cm³/mol. The summed E-state index contributed by atoms with van der Waals surface area (Å²) in [5, 5.41) is 22.6. The number of aromatic nitrogens is 3. The van der Waals surface area contributed by atoms with Crippen LogP contribution in [0.4, 0.5) is 17.1 Å². The first-order valence-corrected chi connectivity index (χ1v) is 11.4. The van der Waals surface area contributed by atoms with Gasteiger partial charge in [0.2, 0.25) is 5.91 Å². The van der Waals surface area contributed by atoms with Crippen LogP contribution in [0.15, 0.2) is 84.0 Å². The summed E-state index contributed by atoms with van der Waals surface area (Å²) in [4.78, 5) is 23.6. The van der Waals surface area contributed by atoms with Crippen LogP contribution in [0.5, 0.6) is 0 Å². The number of hydrogen-bond acceptors (Lipinski definition) is 7. The lowest BCUT2D eigenvalue weighted by Gasteiger charge is -2.16. The summed E-state index contributed by atoms with van der Waals surface area (Å²) in [5.41, 5.74) is 8.51. The van der Waals surface area contributed by atoms with E-state index in [9.17, 15) is 14.9 Å². The number of nitrogen functional groups attached to an aromatic ring is 1. The first-order chi connectivity index (χ1) is 16.5. The maximum atomic E-state index is 13.0. The van der Waals surface area contributed by atoms with Crippen molar-refractivity contribution in [3.05, 3.63) is 89.0 Å². The molecule has 0 radical (unpaired) electrons. The Morgan fingerprint density at radius 2 is 1.85 bits per heavy atom. The van der Waals surface area contributed by atoms with Crippen LogP contribution in [-0.2, 0) is 4.79 Å². The van der Waals surface area contributed by atoms with Crippen LogP contribution < -0.4 is 11.1 Å². The van der Waals surface area contributed by atoms with Gasteiger partial charge in [-0.3, -0.25) is 19.5 Å². The molecule has 0 saturated carbocycles. The molecule has 1 atom stereocenters. The lowest BCUT2D eigenvalue weighted by Crippen LogP contribution is -2.25. The second-order valence-corrected chi connectivity index (χ2v) is 8.58. The van der Waals surface area contributed by atoms with Gasteiger partial charge in [-0.1, -0.05) is 55.1 Å². The monoisotopic (exact) mass is 474 g/mol. The molecule has 3 N–H and O–H groups in total. The minimum Gasteiger partial charge on any atom is -0.399 e. The summed E-state index contributed by atoms with van der Waals surface area (Å²) < 4.78 is 1.89. The molecule has 0 aliphatic carbocycles. The summed E-state index contributed by atoms with van der Waals surface area (Å²) in [6.07, 6.45) is 0.515. The first kappa shape index (κ1) is 23.0. The average molecular weight is 475 g/mol. The molecule has 0 bridgehead atoms. The van der Waals surface area contributed by atoms with Gasteiger partial charge in [-0.25, -0.2) is 0 Å². The van der Waals surface area contributed by atoms with Gasteiger partial charge in [0, 0.05) is 34.8 Å². The van der Waals surface area contributed by atoms with Crippen LogP contribution in [0.2, 0.25) is 0 Å². The van der Waals surface area contributed by atoms with Gasteiger partial charge in [-0.15, -0.1) is 10.2 Å². The van der Waals surface area contributed by atoms with Crippen molar-refractivity contribution in [2.75, 3.05) is 11.1 Å². The third-order valence-electron chi connectivity index (χ3n) is 5.03. The highest BCUT2D eigenvalue weighted by Gasteiger charge is 2.24. The molecule has 1 amide bonds. The SMILES string of the molecule is CCC(Sc1nnc(-c2cccc(N)c2)n1-c1ccccc1)C(=O)Nc1cccc([N+](=O)[O-])c1. The average Bonchev–Trinajstić information content (AvgIpc) is 3.26. The number of amides is 1. The Morgan fingerprint density at radius 1 is 1.09 bits per heavy atom. The summed E-state index contributed by atoms with van der Waals surface area (Å²) in [7, 11) is 0. The molecule has 4 rings (SSSR count). The van der Waals surface area contributed by atoms with E-state index in [1.165, 1.54) is 30.0 Å². The lowest BCUT2D eigenvalue weighted by atomic mass is 10.2. The van der Waals surface area contributed by atoms with Crippen molar-refractivity contribution in [1.29, 1.82) is 0 Å². The fourth-order valence-electron chi connectivity index (χ4n) is 3.39. The Morgan fingerprint density at radius 3 is 2.56 bits per heavy atom. The van der Waals surface area contributed by atoms with Gasteiger partial charge in [0.1, 0.15) is 0 Å². The smallest absolute Gasteiger partial charge is 0.271 e. The molecule has 172 valence electrons. The Hall–Kier alpha value is -4.18. The van der Waals surface area contributed by atoms with Gasteiger partial charge < -0.3 is 11.1 Å². The van der Waals surface area contributed by atoms with Crippen molar-refractivity contribution in [3.63, 3.8) is 0 Å². The summed E-state index contributed by atoms with van der Waals surface area (Å²) >= 11 is 1.28. The predicted octanol–water partition coefficient (Wildman–Crippen LogP) is 4.93. The summed E-state index contributed by atoms with van der Waals surface area (Å²) in [6, 6.07) is 22.9. The zero-order chi connectivity index (χ0) is 24.1. The fourth-order valence-corrected chi connectivity index (χ4v) is 4.36. The Labute approximate surface area is 200 Å². The fraction of sp³-hybridized carbons (Fsp3) is 0.125. The van der Waals surface area contributed by atoms with Crippen molar-refractivity contribution >= 4 is 34.7 Å². The van der Waals surface area contributed by atoms with Gasteiger partial charge in [0.25, 0.3) is 5.69 Å². The number of anilines is 2. The van der Waals surface area contributed by atoms with Crippen LogP contribution in [-0.4, -0.2) is 30.8 Å². The van der Waals surface area contributed by atoms with Crippen LogP contribution in [0.1, 0.15) is 13.3 Å². The highest BCUT2D eigenvalue weighted by Crippen LogP contribution is 2.32. The maximum absolute atomic E-state index is 13.0. The Balaban J connectivity index is 1.65. The Kier molecular flexibility index (Phi) is 6.88. The number of nitro benzene ring substituents is 1. The lowest BCUT2D eigenvalue weighted by molar-refractivity contribution is -0.384. The summed E-state index contributed by atoms with van der Waals surface area (Å²) in [5.74, 6) is 0.330. The molecule has 0 aliphatic rings. The highest BCUT2D eigenvalue weighted by molar-refractivity contribution is 8.00. The number of carbonyl (C=O) groups is 1. The zero-order valence-electron chi connectivity index (χ0n) is 18.3. The maximum Gasteiger partial charge on any atom is 0.271 e. The molecule has 0 aliphatic heterocycles. The number of non-ortho nitro benzene ring substituents is 1. The van der Waals surface area contributed by atoms with Crippen molar-refractivity contribution in [2.45, 2.75) is 23.8 Å². The Bertz CT molecular complexity index is 1330. The van der Waals surface area contributed by atoms with E-state index in [1.54, 1.807) is 12.1 Å². The number of benzene rings is 3. The third-order valence-corrected chi connectivity index (χ3v) is 6.33. The van der Waals surface area contributed by atoms with E-state index < -0.39 is 10.2 Å². The molecule has 3 aromatic carbocycles. The van der Waals surface area contributed by atoms with Gasteiger partial charge >= 0.3 is 0 Å². The van der Waals surface area contributed by atoms with Gasteiger partial charge in [-0.05, 0) is 36.8 Å². The zero-order valence-corrected chi connectivity index (χ0v) is 19.1. The second-order valence-electron chi connectivity index (χ2n) is 7.41. The van der Waals surface area contributed by atoms with Gasteiger partial charge in [0.15, 0.2) is 11.0 Å². The number of thioether (sulfide) groups is 1. The molecule has 1 heterocycles. The number of nitrogens with zero attached hydrogens (tertiary/aromatic N) is 4. The quantitative estimate of drug-likeness (QED) is 0.160. The number of carbonyl (C=O) groups excluding carboxylic acids is 1. The van der Waals surface area contributed by atoms with Crippen LogP contribution >= 0.6 is 11.8 Å². The van der Waals surface area contributed by atoms with Crippen LogP contribution in [0.25, 0.3) is 17.1 Å². The van der Waals surface area contributed by atoms with Gasteiger partial charge in [-0.2, -0.15) is 0 Å². The molecule has 34 heavy (non-hydrogen) atoms. The van der Waals surface area contributed by atoms with Crippen molar-refractivity contribution < 1.29 is 9.72 Å². The van der Waals surface area contributed by atoms with Crippen molar-refractivity contribution in [3.8, 4) is 17.1 Å². The first-order valence-electron chi connectivity index (χ1n) is 10.5. The molecule has 1 unspecified atom stereocenters. The molecule has 0 fully saturated rings. The minimum atomic E-state index is -0.500. The number of hydrogen-bond donors (Lipinski definition) is 2. The van der Waals surface area contributed by atoms with E-state index in [4.69, 9.17) is 5.73 Å². The number of nitrogens with one attached hydrogen (secondary N) is 1. The molecule has 0 saturated heterocycles. The highest BCUT2D eigenvalue weighted by atomic mass is 32.2. The molecular formula is C24H22N6O3S. The topological polar surface area (TPSA) is 129 Å². The minimum absolute atomic E-state index is 0.0888. The van der Waals surface area contributed by atoms with E-state index in [-0.39, 0.29) is 11.6 Å². The molecule has 10 heteroatoms. The van der Waals surface area contributed by atoms with E-state index in [1.807, 2.05) is 60.0 Å². The standard InChI is InChI=1S/C24H22N6O3S/c1-2-21(23(31)26-18-10-7-13-20(15-18)30(32)33)34-24-28-27-22(16-8-6-9-17(25)14-16)29(24)19-11-4-3-5-12-19/h3-15,21H,2,25H2,1H3,(H,26,31). The number of nitrogens with two attached hydrogens (primary N) is 1. The van der Waals surface area contributed by atoms with E-state index in [2.05, 4.69) is 15.5 Å². The van der Waals surface area contributed by atoms with E-state index in [0.717, 1.165) is 11.3 Å². The number of rotatable bonds is 8. The number of para-hydroxylation sites is 1. The van der Waals surface area contributed by atoms with Crippen LogP contribution in [0, 0.1) is 10.1 Å². The number of nitro groups is 1. The van der Waals surface area contributed by atoms with E-state index in [0.29, 0.717) is 28.8 Å². The van der Waals surface area contributed by atoms with Crippen molar-refractivity contribution in [2.24, 2.45) is 0 Å². The normalized spacial score (nSPS) is 11.7. The van der Waals surface area contributed by atoms with Crippen LogP contribution in [0.3, 0.4) is 0 Å². The largest absolute Gasteiger partial charge is 0.399 e. The molecule has 1 aromatic heterocycles. The van der Waals surface area contributed by atoms with E-state index >= 15 is 0 Å². The molecule has 9 nitrogen and oxygen atoms in total. The molecular weight excluding hydrogens is 452 g/mol. The summed E-state index contributed by atoms with van der Waals surface area (Å²) in [6.45, 7) is 1.90. The molecule has 4 aromatic rings. The second kappa shape index (κ2) is 10.2. The molecule has 0 spiro atoms. The van der Waals surface area contributed by atoms with Gasteiger partial charge in [0.05, 0.1) is 10.2 Å².